The molecule has 1 saturated heterocycles. The van der Waals surface area contributed by atoms with Gasteiger partial charge in [-0.1, -0.05) is 18.3 Å². The minimum absolute atomic E-state index is 0.0374. The molecule has 0 radical (unpaired) electrons. The molecule has 3 rings (SSSR count). The molecule has 1 aliphatic rings. The monoisotopic (exact) mass is 374 g/mol. The van der Waals surface area contributed by atoms with Crippen molar-refractivity contribution < 1.29 is 4.79 Å². The Balaban J connectivity index is 1.65. The number of amides is 2. The van der Waals surface area contributed by atoms with Gasteiger partial charge in [-0.2, -0.15) is 0 Å². The smallest absolute Gasteiger partial charge is 0.318 e. The van der Waals surface area contributed by atoms with Crippen LogP contribution in [0.15, 0.2) is 24.5 Å². The van der Waals surface area contributed by atoms with Crippen molar-refractivity contribution >= 4 is 17.4 Å². The number of rotatable bonds is 6. The lowest BCUT2D eigenvalue weighted by Gasteiger charge is -2.37. The number of hydrogen-bond acceptors (Lipinski definition) is 6. The Bertz CT molecular complexity index is 699. The standard InChI is InChI=1S/C18H26N6OS/c1-3-16-21-22-17(26-16)12-20-18(25)24(13-14-4-8-19-9-5-14)15-6-10-23(2)11-7-15/h4-5,8-9,15H,3,6-7,10-13H2,1-2H3,(H,20,25). The lowest BCUT2D eigenvalue weighted by atomic mass is 10.0. The van der Waals surface area contributed by atoms with Crippen LogP contribution in [-0.2, 0) is 19.5 Å². The number of nitrogens with zero attached hydrogens (tertiary/aromatic N) is 5. The van der Waals surface area contributed by atoms with Gasteiger partial charge in [-0.25, -0.2) is 4.79 Å². The molecule has 2 aromatic heterocycles. The Kier molecular flexibility index (Phi) is 6.51. The van der Waals surface area contributed by atoms with Gasteiger partial charge in [0.1, 0.15) is 10.0 Å². The van der Waals surface area contributed by atoms with E-state index in [1.165, 1.54) is 0 Å². The average molecular weight is 375 g/mol. The lowest BCUT2D eigenvalue weighted by molar-refractivity contribution is 0.127. The van der Waals surface area contributed by atoms with Gasteiger partial charge in [0, 0.05) is 25.0 Å². The zero-order chi connectivity index (χ0) is 18.4. The summed E-state index contributed by atoms with van der Waals surface area (Å²) in [6.45, 7) is 5.11. The van der Waals surface area contributed by atoms with Gasteiger partial charge in [0.05, 0.1) is 6.54 Å². The topological polar surface area (TPSA) is 74.2 Å². The number of piperidine rings is 1. The first kappa shape index (κ1) is 18.7. The van der Waals surface area contributed by atoms with Crippen LogP contribution in [0.1, 0.15) is 35.3 Å². The van der Waals surface area contributed by atoms with Gasteiger partial charge in [-0.15, -0.1) is 10.2 Å². The number of pyridine rings is 1. The molecule has 1 N–H and O–H groups in total. The lowest BCUT2D eigenvalue weighted by Crippen LogP contribution is -2.49. The van der Waals surface area contributed by atoms with Crippen molar-refractivity contribution in [2.24, 2.45) is 0 Å². The minimum Gasteiger partial charge on any atom is -0.331 e. The molecule has 3 heterocycles. The molecule has 8 heteroatoms. The number of nitrogens with one attached hydrogen (secondary N) is 1. The van der Waals surface area contributed by atoms with Crippen LogP contribution in [0.5, 0.6) is 0 Å². The van der Waals surface area contributed by atoms with E-state index in [9.17, 15) is 4.79 Å². The highest BCUT2D eigenvalue weighted by atomic mass is 32.1. The van der Waals surface area contributed by atoms with Gasteiger partial charge >= 0.3 is 6.03 Å². The van der Waals surface area contributed by atoms with Crippen LogP contribution >= 0.6 is 11.3 Å². The van der Waals surface area contributed by atoms with Crippen LogP contribution in [0.25, 0.3) is 0 Å². The van der Waals surface area contributed by atoms with E-state index in [1.807, 2.05) is 17.0 Å². The number of urea groups is 1. The van der Waals surface area contributed by atoms with E-state index in [-0.39, 0.29) is 12.1 Å². The molecule has 0 aliphatic carbocycles. The van der Waals surface area contributed by atoms with E-state index in [4.69, 9.17) is 0 Å². The van der Waals surface area contributed by atoms with Crippen LogP contribution in [-0.4, -0.2) is 57.2 Å². The fourth-order valence-corrected chi connectivity index (χ4v) is 3.84. The van der Waals surface area contributed by atoms with Gasteiger partial charge in [0.25, 0.3) is 0 Å². The van der Waals surface area contributed by atoms with Crippen molar-refractivity contribution in [2.75, 3.05) is 20.1 Å². The second-order valence-electron chi connectivity index (χ2n) is 6.62. The Hall–Kier alpha value is -2.06. The number of aromatic nitrogens is 3. The number of carbonyl (C=O) groups is 1. The first-order chi connectivity index (χ1) is 12.7. The highest BCUT2D eigenvalue weighted by Crippen LogP contribution is 2.19. The third kappa shape index (κ3) is 4.98. The van der Waals surface area contributed by atoms with Gasteiger partial charge in [0.2, 0.25) is 0 Å². The van der Waals surface area contributed by atoms with Crippen molar-refractivity contribution in [3.63, 3.8) is 0 Å². The Morgan fingerprint density at radius 1 is 1.27 bits per heavy atom. The van der Waals surface area contributed by atoms with Crippen LogP contribution in [0, 0.1) is 0 Å². The minimum atomic E-state index is -0.0374. The predicted molar refractivity (Wildman–Crippen MR) is 102 cm³/mol. The van der Waals surface area contributed by atoms with Gasteiger partial charge in [0.15, 0.2) is 0 Å². The summed E-state index contributed by atoms with van der Waals surface area (Å²) in [7, 11) is 2.13. The average Bonchev–Trinajstić information content (AvgIpc) is 3.14. The second-order valence-corrected chi connectivity index (χ2v) is 7.77. The summed E-state index contributed by atoms with van der Waals surface area (Å²) in [5.74, 6) is 0. The number of carbonyl (C=O) groups excluding carboxylic acids is 1. The van der Waals surface area contributed by atoms with E-state index in [0.29, 0.717) is 13.1 Å². The third-order valence-electron chi connectivity index (χ3n) is 4.69. The second kappa shape index (κ2) is 9.05. The predicted octanol–water partition coefficient (Wildman–Crippen LogP) is 2.30. The quantitative estimate of drug-likeness (QED) is 0.840. The molecule has 2 aromatic rings. The first-order valence-corrected chi connectivity index (χ1v) is 9.90. The summed E-state index contributed by atoms with van der Waals surface area (Å²) in [5.41, 5.74) is 1.10. The maximum Gasteiger partial charge on any atom is 0.318 e. The zero-order valence-corrected chi connectivity index (χ0v) is 16.2. The molecule has 0 aromatic carbocycles. The highest BCUT2D eigenvalue weighted by molar-refractivity contribution is 7.11. The Morgan fingerprint density at radius 2 is 1.96 bits per heavy atom. The molecule has 26 heavy (non-hydrogen) atoms. The summed E-state index contributed by atoms with van der Waals surface area (Å²) in [4.78, 5) is 21.3. The largest absolute Gasteiger partial charge is 0.331 e. The summed E-state index contributed by atoms with van der Waals surface area (Å²) in [6.07, 6.45) is 6.40. The van der Waals surface area contributed by atoms with E-state index >= 15 is 0 Å². The maximum atomic E-state index is 12.9. The fraction of sp³-hybridized carbons (Fsp3) is 0.556. The molecule has 0 bridgehead atoms. The molecule has 140 valence electrons. The zero-order valence-electron chi connectivity index (χ0n) is 15.4. The Morgan fingerprint density at radius 3 is 2.62 bits per heavy atom. The molecule has 0 saturated carbocycles. The van der Waals surface area contributed by atoms with Crippen LogP contribution in [0.2, 0.25) is 0 Å². The normalized spacial score (nSPS) is 15.8. The summed E-state index contributed by atoms with van der Waals surface area (Å²) < 4.78 is 0. The number of hydrogen-bond donors (Lipinski definition) is 1. The van der Waals surface area contributed by atoms with Crippen molar-refractivity contribution in [1.29, 1.82) is 0 Å². The Labute approximate surface area is 158 Å². The molecule has 0 atom stereocenters. The summed E-state index contributed by atoms with van der Waals surface area (Å²) in [6, 6.07) is 4.14. The maximum absolute atomic E-state index is 12.9. The molecule has 1 aliphatic heterocycles. The summed E-state index contributed by atoms with van der Waals surface area (Å²) in [5, 5.41) is 13.1. The fourth-order valence-electron chi connectivity index (χ4n) is 3.11. The highest BCUT2D eigenvalue weighted by Gasteiger charge is 2.27. The van der Waals surface area contributed by atoms with E-state index in [2.05, 4.69) is 39.4 Å². The van der Waals surface area contributed by atoms with Crippen molar-refractivity contribution in [3.05, 3.63) is 40.1 Å². The van der Waals surface area contributed by atoms with Gasteiger partial charge < -0.3 is 15.1 Å². The van der Waals surface area contributed by atoms with E-state index < -0.39 is 0 Å². The SMILES string of the molecule is CCc1nnc(CNC(=O)N(Cc2ccncc2)C2CCN(C)CC2)s1. The summed E-state index contributed by atoms with van der Waals surface area (Å²) >= 11 is 1.56. The molecular formula is C18H26N6OS. The van der Waals surface area contributed by atoms with Crippen LogP contribution < -0.4 is 5.32 Å². The molecule has 0 unspecified atom stereocenters. The van der Waals surface area contributed by atoms with Crippen LogP contribution in [0.3, 0.4) is 0 Å². The van der Waals surface area contributed by atoms with Crippen molar-refractivity contribution in [3.8, 4) is 0 Å². The molecule has 1 fully saturated rings. The van der Waals surface area contributed by atoms with Gasteiger partial charge in [-0.05, 0) is 57.1 Å². The number of likely N-dealkylation sites (tertiary alicyclic amines) is 1. The van der Waals surface area contributed by atoms with Crippen molar-refractivity contribution in [1.82, 2.24) is 30.3 Å². The van der Waals surface area contributed by atoms with E-state index in [0.717, 1.165) is 47.9 Å². The molecular weight excluding hydrogens is 348 g/mol. The van der Waals surface area contributed by atoms with E-state index in [1.54, 1.807) is 23.7 Å². The van der Waals surface area contributed by atoms with Crippen LogP contribution in [0.4, 0.5) is 4.79 Å². The number of aryl methyl sites for hydroxylation is 1. The first-order valence-electron chi connectivity index (χ1n) is 9.09. The third-order valence-corrected chi connectivity index (χ3v) is 5.76. The molecule has 7 nitrogen and oxygen atoms in total. The molecule has 0 spiro atoms. The van der Waals surface area contributed by atoms with Gasteiger partial charge in [-0.3, -0.25) is 4.98 Å². The molecule has 2 amide bonds. The van der Waals surface area contributed by atoms with Crippen molar-refractivity contribution in [2.45, 2.75) is 45.3 Å².